The third-order valence-corrected chi connectivity index (χ3v) is 3.22. The molecule has 2 heterocycles. The van der Waals surface area contributed by atoms with Crippen molar-refractivity contribution in [2.75, 3.05) is 5.32 Å². The van der Waals surface area contributed by atoms with Gasteiger partial charge in [0.1, 0.15) is 12.1 Å². The van der Waals surface area contributed by atoms with Gasteiger partial charge in [-0.15, -0.1) is 0 Å². The van der Waals surface area contributed by atoms with Crippen LogP contribution in [0, 0.1) is 5.82 Å². The summed E-state index contributed by atoms with van der Waals surface area (Å²) in [6, 6.07) is 10.3. The topological polar surface area (TPSA) is 77.1 Å². The maximum atomic E-state index is 13.7. The molecule has 0 saturated carbocycles. The molecule has 3 aromatic rings. The molecule has 0 aliphatic rings. The van der Waals surface area contributed by atoms with Gasteiger partial charge in [0.05, 0.1) is 12.1 Å². The van der Waals surface area contributed by atoms with Crippen LogP contribution in [0.2, 0.25) is 0 Å². The molecule has 0 fully saturated rings. The van der Waals surface area contributed by atoms with Crippen LogP contribution in [0.5, 0.6) is 0 Å². The molecular weight excluding hydrogens is 301 g/mol. The number of halogens is 1. The summed E-state index contributed by atoms with van der Waals surface area (Å²) in [5, 5.41) is 6.10. The number of hydrogen-bond donors (Lipinski definition) is 1. The number of hydrogen-bond acceptors (Lipinski definition) is 4. The number of nitrogens with zero attached hydrogens (tertiary/aromatic N) is 2. The van der Waals surface area contributed by atoms with E-state index in [0.29, 0.717) is 5.56 Å². The van der Waals surface area contributed by atoms with Crippen LogP contribution in [-0.4, -0.2) is 15.6 Å². The lowest BCUT2D eigenvalue weighted by Crippen LogP contribution is -2.23. The molecule has 0 saturated heterocycles. The van der Waals surface area contributed by atoms with Crippen LogP contribution in [0.15, 0.2) is 64.2 Å². The van der Waals surface area contributed by atoms with Gasteiger partial charge in [0.25, 0.3) is 11.5 Å². The van der Waals surface area contributed by atoms with Gasteiger partial charge in [0.15, 0.2) is 5.82 Å². The second-order valence-electron chi connectivity index (χ2n) is 4.81. The molecule has 23 heavy (non-hydrogen) atoms. The monoisotopic (exact) mass is 313 g/mol. The first kappa shape index (κ1) is 14.7. The van der Waals surface area contributed by atoms with Crippen LogP contribution < -0.4 is 10.9 Å². The summed E-state index contributed by atoms with van der Waals surface area (Å²) in [6.45, 7) is 0.0383. The quantitative estimate of drug-likeness (QED) is 0.801. The maximum absolute atomic E-state index is 13.7. The summed E-state index contributed by atoms with van der Waals surface area (Å²) < 4.78 is 19.6. The number of rotatable bonds is 4. The first-order chi connectivity index (χ1) is 11.1. The predicted molar refractivity (Wildman–Crippen MR) is 80.7 cm³/mol. The van der Waals surface area contributed by atoms with E-state index in [4.69, 9.17) is 0 Å². The first-order valence-corrected chi connectivity index (χ1v) is 6.79. The Morgan fingerprint density at radius 1 is 1.22 bits per heavy atom. The fourth-order valence-corrected chi connectivity index (χ4v) is 2.06. The molecule has 0 bridgehead atoms. The molecule has 3 rings (SSSR count). The molecule has 6 nitrogen and oxygen atoms in total. The SMILES string of the molecule is O=C(Nc1ccon1)c1ccc(=O)n(Cc2ccccc2F)c1. The van der Waals surface area contributed by atoms with Gasteiger partial charge < -0.3 is 14.4 Å². The van der Waals surface area contributed by atoms with E-state index in [2.05, 4.69) is 15.0 Å². The van der Waals surface area contributed by atoms with Gasteiger partial charge in [-0.25, -0.2) is 4.39 Å². The van der Waals surface area contributed by atoms with E-state index in [9.17, 15) is 14.0 Å². The Labute approximate surface area is 130 Å². The van der Waals surface area contributed by atoms with Crippen molar-refractivity contribution in [3.05, 3.63) is 82.2 Å². The van der Waals surface area contributed by atoms with E-state index in [1.807, 2.05) is 0 Å². The van der Waals surface area contributed by atoms with E-state index in [0.717, 1.165) is 0 Å². The lowest BCUT2D eigenvalue weighted by atomic mass is 10.2. The van der Waals surface area contributed by atoms with Crippen LogP contribution in [0.1, 0.15) is 15.9 Å². The second kappa shape index (κ2) is 6.27. The molecule has 2 aromatic heterocycles. The fourth-order valence-electron chi connectivity index (χ4n) is 2.06. The lowest BCUT2D eigenvalue weighted by Gasteiger charge is -2.09. The van der Waals surface area contributed by atoms with Gasteiger partial charge in [0.2, 0.25) is 0 Å². The minimum atomic E-state index is -0.443. The number of benzene rings is 1. The van der Waals surface area contributed by atoms with Gasteiger partial charge in [-0.2, -0.15) is 0 Å². The minimum Gasteiger partial charge on any atom is -0.363 e. The summed E-state index contributed by atoms with van der Waals surface area (Å²) in [7, 11) is 0. The average molecular weight is 313 g/mol. The number of carbonyl (C=O) groups is 1. The van der Waals surface area contributed by atoms with Crippen molar-refractivity contribution in [3.8, 4) is 0 Å². The molecule has 7 heteroatoms. The van der Waals surface area contributed by atoms with Gasteiger partial charge in [-0.1, -0.05) is 23.4 Å². The first-order valence-electron chi connectivity index (χ1n) is 6.79. The highest BCUT2D eigenvalue weighted by Crippen LogP contribution is 2.09. The number of anilines is 1. The molecule has 1 amide bonds. The van der Waals surface area contributed by atoms with Gasteiger partial charge in [0, 0.05) is 23.9 Å². The molecule has 0 aliphatic heterocycles. The van der Waals surface area contributed by atoms with Crippen LogP contribution >= 0.6 is 0 Å². The standard InChI is InChI=1S/C16H12FN3O3/c17-13-4-2-1-3-11(13)9-20-10-12(5-6-15(20)21)16(22)18-14-7-8-23-19-14/h1-8,10H,9H2,(H,18,19,22). The minimum absolute atomic E-state index is 0.0383. The molecule has 0 unspecified atom stereocenters. The summed E-state index contributed by atoms with van der Waals surface area (Å²) in [5.41, 5.74) is 0.291. The zero-order valence-corrected chi connectivity index (χ0v) is 11.9. The molecule has 1 N–H and O–H groups in total. The highest BCUT2D eigenvalue weighted by molar-refractivity contribution is 6.03. The molecular formula is C16H12FN3O3. The summed E-state index contributed by atoms with van der Waals surface area (Å²) in [4.78, 5) is 24.0. The Morgan fingerprint density at radius 3 is 2.78 bits per heavy atom. The Bertz CT molecular complexity index is 888. The van der Waals surface area contributed by atoms with Gasteiger partial charge >= 0.3 is 0 Å². The summed E-state index contributed by atoms with van der Waals surface area (Å²) in [6.07, 6.45) is 2.71. The molecule has 116 valence electrons. The highest BCUT2D eigenvalue weighted by Gasteiger charge is 2.10. The number of amides is 1. The van der Waals surface area contributed by atoms with Crippen molar-refractivity contribution < 1.29 is 13.7 Å². The Hall–Kier alpha value is -3.22. The van der Waals surface area contributed by atoms with Crippen molar-refractivity contribution in [2.45, 2.75) is 6.54 Å². The van der Waals surface area contributed by atoms with Crippen LogP contribution in [0.3, 0.4) is 0 Å². The zero-order chi connectivity index (χ0) is 16.2. The molecule has 0 atom stereocenters. The van der Waals surface area contributed by atoms with Crippen molar-refractivity contribution in [2.24, 2.45) is 0 Å². The van der Waals surface area contributed by atoms with Crippen molar-refractivity contribution in [1.29, 1.82) is 0 Å². The van der Waals surface area contributed by atoms with Crippen LogP contribution in [-0.2, 0) is 6.54 Å². The molecule has 0 radical (unpaired) electrons. The third kappa shape index (κ3) is 3.34. The van der Waals surface area contributed by atoms with E-state index in [-0.39, 0.29) is 23.5 Å². The summed E-state index contributed by atoms with van der Waals surface area (Å²) in [5.74, 6) is -0.583. The van der Waals surface area contributed by atoms with Gasteiger partial charge in [-0.05, 0) is 12.1 Å². The zero-order valence-electron chi connectivity index (χ0n) is 11.9. The second-order valence-corrected chi connectivity index (χ2v) is 4.81. The third-order valence-electron chi connectivity index (χ3n) is 3.22. The lowest BCUT2D eigenvalue weighted by molar-refractivity contribution is 0.102. The number of nitrogens with one attached hydrogen (secondary N) is 1. The molecule has 1 aromatic carbocycles. The van der Waals surface area contributed by atoms with E-state index < -0.39 is 11.7 Å². The van der Waals surface area contributed by atoms with Crippen molar-refractivity contribution in [1.82, 2.24) is 9.72 Å². The predicted octanol–water partition coefficient (Wildman–Crippen LogP) is 2.28. The van der Waals surface area contributed by atoms with E-state index >= 15 is 0 Å². The normalized spacial score (nSPS) is 10.5. The fraction of sp³-hybridized carbons (Fsp3) is 0.0625. The highest BCUT2D eigenvalue weighted by atomic mass is 19.1. The van der Waals surface area contributed by atoms with E-state index in [1.54, 1.807) is 18.2 Å². The number of aromatic nitrogens is 2. The van der Waals surface area contributed by atoms with Crippen LogP contribution in [0.4, 0.5) is 10.2 Å². The Kier molecular flexibility index (Phi) is 4.01. The largest absolute Gasteiger partial charge is 0.363 e. The van der Waals surface area contributed by atoms with Gasteiger partial charge in [-0.3, -0.25) is 9.59 Å². The van der Waals surface area contributed by atoms with E-state index in [1.165, 1.54) is 41.3 Å². The Morgan fingerprint density at radius 2 is 2.04 bits per heavy atom. The molecule has 0 spiro atoms. The number of pyridine rings is 1. The smallest absolute Gasteiger partial charge is 0.258 e. The maximum Gasteiger partial charge on any atom is 0.258 e. The Balaban J connectivity index is 1.86. The van der Waals surface area contributed by atoms with Crippen molar-refractivity contribution >= 4 is 11.7 Å². The molecule has 0 aliphatic carbocycles. The van der Waals surface area contributed by atoms with Crippen molar-refractivity contribution in [3.63, 3.8) is 0 Å². The summed E-state index contributed by atoms with van der Waals surface area (Å²) >= 11 is 0. The number of carbonyl (C=O) groups excluding carboxylic acids is 1. The van der Waals surface area contributed by atoms with Crippen LogP contribution in [0.25, 0.3) is 0 Å². The average Bonchev–Trinajstić information content (AvgIpc) is 3.04.